The summed E-state index contributed by atoms with van der Waals surface area (Å²) in [5.41, 5.74) is 1.17. The number of para-hydroxylation sites is 1. The van der Waals surface area contributed by atoms with Crippen LogP contribution in [0, 0.1) is 4.77 Å². The number of hydrogen-bond donors (Lipinski definition) is 1. The van der Waals surface area contributed by atoms with Gasteiger partial charge in [0.05, 0.1) is 25.7 Å². The lowest BCUT2D eigenvalue weighted by Gasteiger charge is -2.25. The van der Waals surface area contributed by atoms with E-state index in [1.54, 1.807) is 7.11 Å². The fourth-order valence-electron chi connectivity index (χ4n) is 2.60. The maximum atomic E-state index is 5.71. The third-order valence-corrected chi connectivity index (χ3v) is 3.89. The number of benzene rings is 1. The van der Waals surface area contributed by atoms with Crippen LogP contribution in [0.5, 0.6) is 5.75 Å². The zero-order chi connectivity index (χ0) is 13.9. The smallest absolute Gasteiger partial charge is 0.195 e. The molecular formula is C14H17N3O2S. The molecule has 0 aliphatic carbocycles. The first-order chi connectivity index (χ1) is 9.81. The van der Waals surface area contributed by atoms with Crippen LogP contribution in [0.2, 0.25) is 0 Å². The van der Waals surface area contributed by atoms with E-state index in [2.05, 4.69) is 16.3 Å². The number of hydrogen-bond acceptors (Lipinski definition) is 4. The molecule has 1 aromatic carbocycles. The Morgan fingerprint density at radius 2 is 2.35 bits per heavy atom. The van der Waals surface area contributed by atoms with E-state index in [0.29, 0.717) is 24.5 Å². The number of H-pyrrole nitrogens is 1. The largest absolute Gasteiger partial charge is 0.493 e. The molecule has 1 unspecified atom stereocenters. The van der Waals surface area contributed by atoms with Gasteiger partial charge in [0.2, 0.25) is 0 Å². The minimum absolute atomic E-state index is 0.213. The van der Waals surface area contributed by atoms with Crippen LogP contribution in [0.4, 0.5) is 0 Å². The third-order valence-electron chi connectivity index (χ3n) is 3.58. The molecular weight excluding hydrogens is 274 g/mol. The number of aromatic amines is 1. The Morgan fingerprint density at radius 3 is 3.20 bits per heavy atom. The Labute approximate surface area is 122 Å². The third kappa shape index (κ3) is 2.36. The van der Waals surface area contributed by atoms with E-state index in [9.17, 15) is 0 Å². The lowest BCUT2D eigenvalue weighted by Crippen LogP contribution is -2.19. The topological polar surface area (TPSA) is 52.1 Å². The molecule has 0 fully saturated rings. The summed E-state index contributed by atoms with van der Waals surface area (Å²) in [6.45, 7) is 2.03. The van der Waals surface area contributed by atoms with Gasteiger partial charge in [-0.25, -0.2) is 0 Å². The molecule has 5 nitrogen and oxygen atoms in total. The molecule has 1 aliphatic heterocycles. The molecule has 3 rings (SSSR count). The molecule has 0 amide bonds. The van der Waals surface area contributed by atoms with Crippen molar-refractivity contribution in [3.63, 3.8) is 0 Å². The fourth-order valence-corrected chi connectivity index (χ4v) is 2.84. The highest BCUT2D eigenvalue weighted by atomic mass is 32.1. The predicted octanol–water partition coefficient (Wildman–Crippen LogP) is 2.50. The van der Waals surface area contributed by atoms with E-state index in [4.69, 9.17) is 21.7 Å². The molecule has 2 heterocycles. The number of rotatable bonds is 4. The first-order valence-electron chi connectivity index (χ1n) is 6.67. The summed E-state index contributed by atoms with van der Waals surface area (Å²) in [6.07, 6.45) is 0.906. The quantitative estimate of drug-likeness (QED) is 0.879. The summed E-state index contributed by atoms with van der Waals surface area (Å²) in [4.78, 5) is 0. The van der Waals surface area contributed by atoms with Crippen LogP contribution in [0.3, 0.4) is 0 Å². The van der Waals surface area contributed by atoms with Crippen LogP contribution < -0.4 is 4.74 Å². The molecule has 1 atom stereocenters. The van der Waals surface area contributed by atoms with E-state index < -0.39 is 0 Å². The van der Waals surface area contributed by atoms with E-state index in [1.165, 1.54) is 5.56 Å². The molecule has 20 heavy (non-hydrogen) atoms. The van der Waals surface area contributed by atoms with E-state index in [1.807, 2.05) is 22.8 Å². The second kappa shape index (κ2) is 5.76. The van der Waals surface area contributed by atoms with Gasteiger partial charge in [-0.2, -0.15) is 5.10 Å². The Hall–Kier alpha value is -1.66. The van der Waals surface area contributed by atoms with Crippen LogP contribution in [0.25, 0.3) is 0 Å². The van der Waals surface area contributed by atoms with Gasteiger partial charge in [0.1, 0.15) is 11.6 Å². The average Bonchev–Trinajstić information content (AvgIpc) is 2.85. The average molecular weight is 291 g/mol. The zero-order valence-corrected chi connectivity index (χ0v) is 12.2. The maximum Gasteiger partial charge on any atom is 0.195 e. The van der Waals surface area contributed by atoms with Gasteiger partial charge in [-0.3, -0.25) is 5.10 Å². The van der Waals surface area contributed by atoms with E-state index in [0.717, 1.165) is 18.0 Å². The summed E-state index contributed by atoms with van der Waals surface area (Å²) in [5.74, 6) is 2.11. The number of nitrogens with one attached hydrogen (secondary N) is 1. The van der Waals surface area contributed by atoms with Gasteiger partial charge >= 0.3 is 0 Å². The Balaban J connectivity index is 2.00. The first-order valence-corrected chi connectivity index (χ1v) is 7.08. The monoisotopic (exact) mass is 291 g/mol. The van der Waals surface area contributed by atoms with Crippen LogP contribution in [0.15, 0.2) is 24.3 Å². The molecule has 2 aromatic rings. The molecule has 0 saturated carbocycles. The standard InChI is InChI=1S/C14H17N3O2S/c1-18-9-7-17-13(15-16-14(17)20)11-6-8-19-12-5-3-2-4-10(11)12/h2-5,11H,6-9H2,1H3,(H,16,20). The SMILES string of the molecule is COCCn1c(C2CCOc3ccccc32)n[nH]c1=S. The van der Waals surface area contributed by atoms with Crippen molar-refractivity contribution in [1.29, 1.82) is 0 Å². The molecule has 106 valence electrons. The molecule has 1 N–H and O–H groups in total. The summed E-state index contributed by atoms with van der Waals surface area (Å²) in [6, 6.07) is 8.12. The van der Waals surface area contributed by atoms with Crippen molar-refractivity contribution in [2.45, 2.75) is 18.9 Å². The summed E-state index contributed by atoms with van der Waals surface area (Å²) in [5, 5.41) is 7.32. The number of methoxy groups -OCH3 is 1. The first kappa shape index (κ1) is 13.3. The molecule has 0 saturated heterocycles. The van der Waals surface area contributed by atoms with Gasteiger partial charge < -0.3 is 14.0 Å². The van der Waals surface area contributed by atoms with Crippen molar-refractivity contribution >= 4 is 12.2 Å². The van der Waals surface area contributed by atoms with Gasteiger partial charge in [0, 0.05) is 12.7 Å². The van der Waals surface area contributed by atoms with Gasteiger partial charge in [-0.1, -0.05) is 18.2 Å². The normalized spacial score (nSPS) is 17.6. The van der Waals surface area contributed by atoms with Crippen LogP contribution >= 0.6 is 12.2 Å². The molecule has 0 radical (unpaired) electrons. The lowest BCUT2D eigenvalue weighted by molar-refractivity contribution is 0.185. The van der Waals surface area contributed by atoms with Gasteiger partial charge in [-0.15, -0.1) is 0 Å². The molecule has 6 heteroatoms. The summed E-state index contributed by atoms with van der Waals surface area (Å²) < 4.78 is 13.5. The van der Waals surface area contributed by atoms with Crippen LogP contribution in [-0.4, -0.2) is 35.1 Å². The minimum Gasteiger partial charge on any atom is -0.493 e. The molecule has 1 aliphatic rings. The summed E-state index contributed by atoms with van der Waals surface area (Å²) in [7, 11) is 1.69. The van der Waals surface area contributed by atoms with Crippen molar-refractivity contribution < 1.29 is 9.47 Å². The van der Waals surface area contributed by atoms with Crippen LogP contribution in [-0.2, 0) is 11.3 Å². The highest BCUT2D eigenvalue weighted by molar-refractivity contribution is 7.71. The number of ether oxygens (including phenoxy) is 2. The molecule has 0 spiro atoms. The van der Waals surface area contributed by atoms with Crippen molar-refractivity contribution in [3.8, 4) is 5.75 Å². The highest BCUT2D eigenvalue weighted by Gasteiger charge is 2.26. The Kier molecular flexibility index (Phi) is 3.84. The number of aromatic nitrogens is 3. The van der Waals surface area contributed by atoms with Gasteiger partial charge in [-0.05, 0) is 24.7 Å². The zero-order valence-electron chi connectivity index (χ0n) is 11.3. The van der Waals surface area contributed by atoms with Crippen molar-refractivity contribution in [1.82, 2.24) is 14.8 Å². The maximum absolute atomic E-state index is 5.71. The lowest BCUT2D eigenvalue weighted by atomic mass is 9.92. The Bertz CT molecular complexity index is 650. The summed E-state index contributed by atoms with van der Waals surface area (Å²) >= 11 is 5.31. The number of nitrogens with zero attached hydrogens (tertiary/aromatic N) is 2. The highest BCUT2D eigenvalue weighted by Crippen LogP contribution is 2.36. The number of fused-ring (bicyclic) bond motifs is 1. The van der Waals surface area contributed by atoms with Crippen molar-refractivity contribution in [3.05, 3.63) is 40.4 Å². The van der Waals surface area contributed by atoms with E-state index in [-0.39, 0.29) is 5.92 Å². The minimum atomic E-state index is 0.213. The second-order valence-electron chi connectivity index (χ2n) is 4.76. The second-order valence-corrected chi connectivity index (χ2v) is 5.15. The fraction of sp³-hybridized carbons (Fsp3) is 0.429. The van der Waals surface area contributed by atoms with E-state index >= 15 is 0 Å². The van der Waals surface area contributed by atoms with Crippen molar-refractivity contribution in [2.75, 3.05) is 20.3 Å². The Morgan fingerprint density at radius 1 is 1.50 bits per heavy atom. The predicted molar refractivity (Wildman–Crippen MR) is 77.7 cm³/mol. The van der Waals surface area contributed by atoms with Gasteiger partial charge in [0.25, 0.3) is 0 Å². The van der Waals surface area contributed by atoms with Crippen molar-refractivity contribution in [2.24, 2.45) is 0 Å². The van der Waals surface area contributed by atoms with Crippen LogP contribution in [0.1, 0.15) is 23.7 Å². The molecule has 1 aromatic heterocycles. The van der Waals surface area contributed by atoms with Gasteiger partial charge in [0.15, 0.2) is 4.77 Å². The molecule has 0 bridgehead atoms.